The first-order valence-electron chi connectivity index (χ1n) is 19.7. The standard InChI is InChI=1S/C35H52N10O19/c1-6-63-24(48)8-11-37-28(50)36(10-7-23(47)61-5)29(51)38(30(37)52)12-9-25(49)64-18-15-41-32(54)39(13-16-46)31(53)40(33(41)55)14-17-62-22-45-27-26(43(20-59-3)35(45)57)42(19-58-2)34(56)44(27)21-60-4/h26-27,46H,6-22H2,1-5H3. The zero-order valence-electron chi connectivity index (χ0n) is 35.9. The van der Waals surface area contributed by atoms with Crippen molar-refractivity contribution in [2.45, 2.75) is 77.8 Å². The second kappa shape index (κ2) is 23.3. The van der Waals surface area contributed by atoms with Gasteiger partial charge in [0.2, 0.25) is 0 Å². The molecule has 2 atom stereocenters. The summed E-state index contributed by atoms with van der Waals surface area (Å²) in [6, 6.07) is -1.07. The van der Waals surface area contributed by atoms with Crippen molar-refractivity contribution >= 4 is 30.0 Å². The summed E-state index contributed by atoms with van der Waals surface area (Å²) >= 11 is 0. The fraction of sp³-hybridized carbons (Fsp3) is 0.686. The van der Waals surface area contributed by atoms with Crippen LogP contribution in [0.4, 0.5) is 9.59 Å². The molecule has 4 rings (SSSR count). The summed E-state index contributed by atoms with van der Waals surface area (Å²) in [5.41, 5.74) is -6.83. The van der Waals surface area contributed by atoms with Crippen LogP contribution in [0, 0.1) is 0 Å². The topological polar surface area (TPSA) is 315 Å². The van der Waals surface area contributed by atoms with Crippen LogP contribution in [-0.2, 0) is 86.8 Å². The van der Waals surface area contributed by atoms with Crippen LogP contribution in [0.2, 0.25) is 0 Å². The van der Waals surface area contributed by atoms with E-state index in [2.05, 4.69) is 4.74 Å². The Hall–Kier alpha value is -6.43. The number of nitrogens with zero attached hydrogens (tertiary/aromatic N) is 10. The maximum absolute atomic E-state index is 13.5. The lowest BCUT2D eigenvalue weighted by molar-refractivity contribution is -0.144. The highest BCUT2D eigenvalue weighted by Gasteiger charge is 2.59. The molecule has 29 nitrogen and oxygen atoms in total. The average molecular weight is 917 g/mol. The molecule has 0 spiro atoms. The van der Waals surface area contributed by atoms with Crippen LogP contribution < -0.4 is 34.1 Å². The van der Waals surface area contributed by atoms with Gasteiger partial charge in [-0.3, -0.25) is 34.0 Å². The van der Waals surface area contributed by atoms with Gasteiger partial charge in [0.25, 0.3) is 0 Å². The molecule has 2 fully saturated rings. The molecule has 0 radical (unpaired) electrons. The van der Waals surface area contributed by atoms with E-state index in [0.29, 0.717) is 27.4 Å². The minimum atomic E-state index is -1.17. The van der Waals surface area contributed by atoms with E-state index in [-0.39, 0.29) is 33.4 Å². The minimum absolute atomic E-state index is 0.0287. The Balaban J connectivity index is 1.47. The molecule has 2 aromatic rings. The third-order valence-electron chi connectivity index (χ3n) is 9.84. The lowest BCUT2D eigenvalue weighted by atomic mass is 10.3. The number of ether oxygens (including phenoxy) is 7. The Kier molecular flexibility index (Phi) is 18.3. The van der Waals surface area contributed by atoms with E-state index < -0.39 is 155 Å². The number of carbonyl (C=O) groups excluding carboxylic acids is 5. The van der Waals surface area contributed by atoms with Crippen LogP contribution >= 0.6 is 0 Å². The van der Waals surface area contributed by atoms with Gasteiger partial charge >= 0.3 is 64.1 Å². The van der Waals surface area contributed by atoms with Crippen molar-refractivity contribution in [1.82, 2.24) is 47.0 Å². The van der Waals surface area contributed by atoms with Crippen molar-refractivity contribution in [3.8, 4) is 0 Å². The predicted octanol–water partition coefficient (Wildman–Crippen LogP) is -5.29. The number of hydrogen-bond acceptors (Lipinski definition) is 19. The van der Waals surface area contributed by atoms with Crippen LogP contribution in [0.5, 0.6) is 0 Å². The fourth-order valence-electron chi connectivity index (χ4n) is 6.91. The van der Waals surface area contributed by atoms with Gasteiger partial charge in [-0.2, -0.15) is 0 Å². The Morgan fingerprint density at radius 2 is 0.812 bits per heavy atom. The Morgan fingerprint density at radius 3 is 1.19 bits per heavy atom. The number of fused-ring (bicyclic) bond motifs is 1. The van der Waals surface area contributed by atoms with E-state index in [9.17, 15) is 57.8 Å². The Bertz CT molecular complexity index is 2380. The number of aliphatic hydroxyl groups excluding tert-OH is 1. The molecule has 0 aliphatic carbocycles. The van der Waals surface area contributed by atoms with Crippen LogP contribution in [0.1, 0.15) is 26.2 Å². The zero-order chi connectivity index (χ0) is 47.2. The number of amides is 4. The van der Waals surface area contributed by atoms with Gasteiger partial charge in [-0.1, -0.05) is 0 Å². The number of methoxy groups -OCH3 is 4. The van der Waals surface area contributed by atoms with Crippen molar-refractivity contribution in [3.05, 3.63) is 62.9 Å². The number of hydrogen-bond donors (Lipinski definition) is 1. The maximum Gasteiger partial charge on any atom is 0.336 e. The number of aromatic nitrogens is 6. The van der Waals surface area contributed by atoms with E-state index in [0.717, 1.165) is 7.11 Å². The molecule has 2 saturated heterocycles. The van der Waals surface area contributed by atoms with Gasteiger partial charge in [-0.05, 0) is 6.92 Å². The first kappa shape index (κ1) is 50.2. The molecule has 4 amide bonds. The van der Waals surface area contributed by atoms with Gasteiger partial charge in [0.05, 0.1) is 65.8 Å². The summed E-state index contributed by atoms with van der Waals surface area (Å²) in [5.74, 6) is -2.53. The molecule has 2 aromatic heterocycles. The molecule has 356 valence electrons. The van der Waals surface area contributed by atoms with Gasteiger partial charge < -0.3 is 38.3 Å². The first-order valence-corrected chi connectivity index (χ1v) is 19.7. The summed E-state index contributed by atoms with van der Waals surface area (Å²) < 4.78 is 39.3. The third-order valence-corrected chi connectivity index (χ3v) is 9.84. The molecule has 0 aromatic carbocycles. The van der Waals surface area contributed by atoms with Crippen molar-refractivity contribution in [1.29, 1.82) is 0 Å². The second-order valence-corrected chi connectivity index (χ2v) is 13.7. The smallest absolute Gasteiger partial charge is 0.336 e. The van der Waals surface area contributed by atoms with Gasteiger partial charge in [0, 0.05) is 41.0 Å². The monoisotopic (exact) mass is 916 g/mol. The van der Waals surface area contributed by atoms with Crippen molar-refractivity contribution in [3.63, 3.8) is 0 Å². The molecule has 29 heteroatoms. The number of carbonyl (C=O) groups is 5. The summed E-state index contributed by atoms with van der Waals surface area (Å²) in [6.45, 7) is -4.31. The molecule has 2 aliphatic rings. The summed E-state index contributed by atoms with van der Waals surface area (Å²) in [4.78, 5) is 148. The largest absolute Gasteiger partial charge is 0.469 e. The minimum Gasteiger partial charge on any atom is -0.469 e. The SMILES string of the molecule is CCOC(=O)CCn1c(=O)n(CCC(=O)OC)c(=O)n(CCC(=O)OCCn2c(=O)n(CCO)c(=O)n(CCOCN3C(=O)N(COC)C4C3N(COC)C(=O)N4COC)c2=O)c1=O. The highest BCUT2D eigenvalue weighted by Crippen LogP contribution is 2.34. The normalized spacial score (nSPS) is 15.9. The van der Waals surface area contributed by atoms with E-state index in [1.54, 1.807) is 6.92 Å². The van der Waals surface area contributed by atoms with Crippen molar-refractivity contribution in [2.75, 3.05) is 81.8 Å². The summed E-state index contributed by atoms with van der Waals surface area (Å²) in [6.07, 6.45) is -3.27. The third kappa shape index (κ3) is 11.0. The van der Waals surface area contributed by atoms with E-state index in [1.807, 2.05) is 0 Å². The number of rotatable bonds is 26. The van der Waals surface area contributed by atoms with Crippen LogP contribution in [-0.4, -0.2) is 176 Å². The van der Waals surface area contributed by atoms with Crippen LogP contribution in [0.15, 0.2) is 28.8 Å². The van der Waals surface area contributed by atoms with Gasteiger partial charge in [0.15, 0.2) is 12.3 Å². The molecular formula is C35H52N10O19. The van der Waals surface area contributed by atoms with Gasteiger partial charge in [-0.15, -0.1) is 0 Å². The van der Waals surface area contributed by atoms with E-state index in [4.69, 9.17) is 28.4 Å². The van der Waals surface area contributed by atoms with Crippen molar-refractivity contribution < 1.29 is 62.2 Å². The number of aliphatic hydroxyl groups is 1. The predicted molar refractivity (Wildman–Crippen MR) is 211 cm³/mol. The van der Waals surface area contributed by atoms with Gasteiger partial charge in [-0.25, -0.2) is 65.8 Å². The Morgan fingerprint density at radius 1 is 0.469 bits per heavy atom. The molecule has 4 heterocycles. The molecule has 2 aliphatic heterocycles. The molecule has 64 heavy (non-hydrogen) atoms. The van der Waals surface area contributed by atoms with Crippen LogP contribution in [0.3, 0.4) is 0 Å². The van der Waals surface area contributed by atoms with E-state index >= 15 is 0 Å². The van der Waals surface area contributed by atoms with Crippen molar-refractivity contribution in [2.24, 2.45) is 0 Å². The average Bonchev–Trinajstić information content (AvgIpc) is 3.67. The highest BCUT2D eigenvalue weighted by molar-refractivity contribution is 5.85. The number of esters is 3. The zero-order valence-corrected chi connectivity index (χ0v) is 35.9. The maximum atomic E-state index is 13.5. The quantitative estimate of drug-likeness (QED) is 0.0523. The molecule has 0 saturated carbocycles. The Labute approximate surface area is 361 Å². The molecule has 0 bridgehead atoms. The van der Waals surface area contributed by atoms with Gasteiger partial charge in [0.1, 0.15) is 33.5 Å². The highest BCUT2D eigenvalue weighted by atomic mass is 16.5. The lowest BCUT2D eigenvalue weighted by Crippen LogP contribution is -2.55. The summed E-state index contributed by atoms with van der Waals surface area (Å²) in [5, 5.41) is 9.58. The van der Waals surface area contributed by atoms with E-state index in [1.165, 1.54) is 40.9 Å². The van der Waals surface area contributed by atoms with Crippen LogP contribution in [0.25, 0.3) is 0 Å². The first-order chi connectivity index (χ1) is 30.6. The summed E-state index contributed by atoms with van der Waals surface area (Å²) in [7, 11) is 5.19. The fourth-order valence-corrected chi connectivity index (χ4v) is 6.91. The number of urea groups is 2. The molecule has 2 unspecified atom stereocenters. The molecule has 1 N–H and O–H groups in total. The molecular weight excluding hydrogens is 864 g/mol. The lowest BCUT2D eigenvalue weighted by Gasteiger charge is -2.28. The second-order valence-electron chi connectivity index (χ2n) is 13.7.